The summed E-state index contributed by atoms with van der Waals surface area (Å²) < 4.78 is 44.6. The van der Waals surface area contributed by atoms with E-state index >= 15 is 0 Å². The zero-order valence-corrected chi connectivity index (χ0v) is 13.1. The summed E-state index contributed by atoms with van der Waals surface area (Å²) in [7, 11) is 0. The second kappa shape index (κ2) is 6.47. The van der Waals surface area contributed by atoms with Crippen molar-refractivity contribution in [3.05, 3.63) is 11.9 Å². The third kappa shape index (κ3) is 5.15. The van der Waals surface area contributed by atoms with Crippen LogP contribution in [-0.2, 0) is 15.7 Å². The number of aliphatic carboxylic acids is 1. The Morgan fingerprint density at radius 3 is 2.35 bits per heavy atom. The molecule has 7 nitrogen and oxygen atoms in total. The molecule has 0 aliphatic carbocycles. The van der Waals surface area contributed by atoms with Crippen molar-refractivity contribution in [2.24, 2.45) is 0 Å². The van der Waals surface area contributed by atoms with E-state index in [1.165, 1.54) is 6.92 Å². The van der Waals surface area contributed by atoms with Gasteiger partial charge in [-0.2, -0.15) is 18.3 Å². The summed E-state index contributed by atoms with van der Waals surface area (Å²) in [6.07, 6.45) is -5.09. The van der Waals surface area contributed by atoms with Crippen molar-refractivity contribution >= 4 is 17.7 Å². The Labute approximate surface area is 130 Å². The minimum absolute atomic E-state index is 0.0280. The van der Waals surface area contributed by atoms with Crippen LogP contribution in [0.1, 0.15) is 45.9 Å². The number of hydrogen-bond donors (Lipinski definition) is 2. The van der Waals surface area contributed by atoms with Gasteiger partial charge in [-0.15, -0.1) is 0 Å². The molecule has 0 saturated heterocycles. The van der Waals surface area contributed by atoms with Crippen molar-refractivity contribution < 1.29 is 32.6 Å². The Hall–Kier alpha value is -2.26. The van der Waals surface area contributed by atoms with E-state index in [2.05, 4.69) is 5.10 Å². The number of hydrogen-bond acceptors (Lipinski definition) is 4. The van der Waals surface area contributed by atoms with E-state index in [0.29, 0.717) is 4.68 Å². The lowest BCUT2D eigenvalue weighted by atomic mass is 10.2. The van der Waals surface area contributed by atoms with Crippen LogP contribution in [0.3, 0.4) is 0 Å². The number of carbonyl (C=O) groups excluding carboxylic acids is 1. The standard InChI is InChI=1S/C13H18F3N3O4/c1-5-8(10(20)21)19-6-7(9(18-19)13(14,15)16)17-11(22)23-12(2,3)4/h6,8H,5H2,1-4H3,(H,17,22)(H,20,21). The predicted molar refractivity (Wildman–Crippen MR) is 74.0 cm³/mol. The van der Waals surface area contributed by atoms with Crippen molar-refractivity contribution in [3.8, 4) is 0 Å². The molecule has 0 aromatic carbocycles. The van der Waals surface area contributed by atoms with Gasteiger partial charge in [0.05, 0.1) is 11.9 Å². The summed E-state index contributed by atoms with van der Waals surface area (Å²) in [5.74, 6) is -1.33. The highest BCUT2D eigenvalue weighted by molar-refractivity contribution is 5.85. The lowest BCUT2D eigenvalue weighted by molar-refractivity contribution is -0.144. The predicted octanol–water partition coefficient (Wildman–Crippen LogP) is 3.28. The molecule has 1 unspecified atom stereocenters. The third-order valence-electron chi connectivity index (χ3n) is 2.63. The minimum Gasteiger partial charge on any atom is -0.480 e. The van der Waals surface area contributed by atoms with Gasteiger partial charge >= 0.3 is 18.2 Å². The zero-order valence-electron chi connectivity index (χ0n) is 13.1. The number of aromatic nitrogens is 2. The van der Waals surface area contributed by atoms with Gasteiger partial charge in [-0.05, 0) is 27.2 Å². The van der Waals surface area contributed by atoms with Gasteiger partial charge in [-0.3, -0.25) is 10.00 Å². The molecule has 1 aromatic rings. The van der Waals surface area contributed by atoms with E-state index in [-0.39, 0.29) is 6.42 Å². The number of alkyl halides is 3. The van der Waals surface area contributed by atoms with Gasteiger partial charge in [-0.1, -0.05) is 6.92 Å². The highest BCUT2D eigenvalue weighted by Crippen LogP contribution is 2.34. The van der Waals surface area contributed by atoms with Gasteiger partial charge in [0.1, 0.15) is 11.6 Å². The lowest BCUT2D eigenvalue weighted by Crippen LogP contribution is -2.27. The molecule has 1 rings (SSSR count). The maximum absolute atomic E-state index is 13.0. The molecule has 1 amide bonds. The molecule has 0 saturated carbocycles. The van der Waals surface area contributed by atoms with E-state index in [4.69, 9.17) is 9.84 Å². The number of carbonyl (C=O) groups is 2. The second-order valence-electron chi connectivity index (χ2n) is 5.76. The number of nitrogens with zero attached hydrogens (tertiary/aromatic N) is 2. The summed E-state index contributed by atoms with van der Waals surface area (Å²) in [6, 6.07) is -1.27. The van der Waals surface area contributed by atoms with Gasteiger partial charge in [0.15, 0.2) is 5.69 Å². The van der Waals surface area contributed by atoms with E-state index in [1.54, 1.807) is 20.8 Å². The van der Waals surface area contributed by atoms with Crippen LogP contribution in [0.15, 0.2) is 6.20 Å². The van der Waals surface area contributed by atoms with E-state index in [1.807, 2.05) is 5.32 Å². The number of nitrogens with one attached hydrogen (secondary N) is 1. The molecule has 0 spiro atoms. The van der Waals surface area contributed by atoms with Crippen LogP contribution in [0.2, 0.25) is 0 Å². The highest BCUT2D eigenvalue weighted by Gasteiger charge is 2.39. The van der Waals surface area contributed by atoms with Crippen molar-refractivity contribution in [3.63, 3.8) is 0 Å². The molecule has 1 aromatic heterocycles. The maximum Gasteiger partial charge on any atom is 0.437 e. The number of rotatable bonds is 4. The lowest BCUT2D eigenvalue weighted by Gasteiger charge is -2.19. The van der Waals surface area contributed by atoms with Crippen molar-refractivity contribution in [1.82, 2.24) is 9.78 Å². The molecule has 23 heavy (non-hydrogen) atoms. The first-order chi connectivity index (χ1) is 10.3. The second-order valence-corrected chi connectivity index (χ2v) is 5.76. The Morgan fingerprint density at radius 1 is 1.39 bits per heavy atom. The summed E-state index contributed by atoms with van der Waals surface area (Å²) in [5, 5.41) is 14.2. The number of anilines is 1. The Bertz CT molecular complexity index is 590. The summed E-state index contributed by atoms with van der Waals surface area (Å²) in [4.78, 5) is 22.7. The van der Waals surface area contributed by atoms with E-state index in [0.717, 1.165) is 6.20 Å². The molecule has 0 aliphatic heterocycles. The van der Waals surface area contributed by atoms with E-state index in [9.17, 15) is 22.8 Å². The number of amides is 1. The molecule has 0 radical (unpaired) electrons. The van der Waals surface area contributed by atoms with Crippen LogP contribution in [-0.4, -0.2) is 32.6 Å². The van der Waals surface area contributed by atoms with Crippen LogP contribution in [0.25, 0.3) is 0 Å². The van der Waals surface area contributed by atoms with Gasteiger partial charge in [0.2, 0.25) is 0 Å². The quantitative estimate of drug-likeness (QED) is 0.879. The first kappa shape index (κ1) is 18.8. The molecular formula is C13H18F3N3O4. The smallest absolute Gasteiger partial charge is 0.437 e. The maximum atomic E-state index is 13.0. The molecule has 0 fully saturated rings. The third-order valence-corrected chi connectivity index (χ3v) is 2.63. The fraction of sp³-hybridized carbons (Fsp3) is 0.615. The summed E-state index contributed by atoms with van der Waals surface area (Å²) in [5.41, 5.74) is -2.94. The average molecular weight is 337 g/mol. The Balaban J connectivity index is 3.17. The summed E-state index contributed by atoms with van der Waals surface area (Å²) in [6.45, 7) is 6.16. The van der Waals surface area contributed by atoms with Crippen molar-refractivity contribution in [1.29, 1.82) is 0 Å². The number of carboxylic acid groups (broad SMARTS) is 1. The SMILES string of the molecule is CCC(C(=O)O)n1cc(NC(=O)OC(C)(C)C)c(C(F)(F)F)n1. The van der Waals surface area contributed by atoms with Gasteiger partial charge in [-0.25, -0.2) is 9.59 Å². The minimum atomic E-state index is -4.85. The van der Waals surface area contributed by atoms with Crippen LogP contribution in [0, 0.1) is 0 Å². The average Bonchev–Trinajstić information content (AvgIpc) is 2.70. The van der Waals surface area contributed by atoms with Crippen LogP contribution >= 0.6 is 0 Å². The summed E-state index contributed by atoms with van der Waals surface area (Å²) >= 11 is 0. The Kier molecular flexibility index (Phi) is 5.28. The van der Waals surface area contributed by atoms with Gasteiger partial charge < -0.3 is 9.84 Å². The number of carboxylic acids is 1. The molecule has 0 aliphatic rings. The topological polar surface area (TPSA) is 93.5 Å². The zero-order chi connectivity index (χ0) is 18.0. The monoisotopic (exact) mass is 337 g/mol. The molecule has 10 heteroatoms. The molecule has 2 N–H and O–H groups in total. The van der Waals surface area contributed by atoms with Crippen LogP contribution in [0.4, 0.5) is 23.7 Å². The molecular weight excluding hydrogens is 319 g/mol. The van der Waals surface area contributed by atoms with Crippen LogP contribution in [0.5, 0.6) is 0 Å². The normalized spacial score (nSPS) is 13.5. The fourth-order valence-corrected chi connectivity index (χ4v) is 1.74. The Morgan fingerprint density at radius 2 is 1.96 bits per heavy atom. The van der Waals surface area contributed by atoms with Crippen molar-refractivity contribution in [2.45, 2.75) is 51.9 Å². The molecule has 0 bridgehead atoms. The number of ether oxygens (including phenoxy) is 1. The molecule has 1 atom stereocenters. The van der Waals surface area contributed by atoms with Crippen molar-refractivity contribution in [2.75, 3.05) is 5.32 Å². The van der Waals surface area contributed by atoms with E-state index < -0.39 is 41.3 Å². The molecule has 130 valence electrons. The largest absolute Gasteiger partial charge is 0.480 e. The van der Waals surface area contributed by atoms with Gasteiger partial charge in [0.25, 0.3) is 0 Å². The first-order valence-electron chi connectivity index (χ1n) is 6.74. The first-order valence-corrected chi connectivity index (χ1v) is 6.74. The molecule has 1 heterocycles. The fourth-order valence-electron chi connectivity index (χ4n) is 1.74. The number of halogens is 3. The highest BCUT2D eigenvalue weighted by atomic mass is 19.4. The van der Waals surface area contributed by atoms with Gasteiger partial charge in [0, 0.05) is 0 Å². The van der Waals surface area contributed by atoms with Crippen LogP contribution < -0.4 is 5.32 Å².